The molecule has 0 amide bonds. The van der Waals surface area contributed by atoms with Crippen molar-refractivity contribution in [2.75, 3.05) is 5.32 Å². The van der Waals surface area contributed by atoms with E-state index in [0.717, 1.165) is 17.7 Å². The predicted molar refractivity (Wildman–Crippen MR) is 98.8 cm³/mol. The second kappa shape index (κ2) is 7.81. The number of nitrogens with zero attached hydrogens (tertiary/aromatic N) is 2. The Hall–Kier alpha value is -2.84. The van der Waals surface area contributed by atoms with Gasteiger partial charge < -0.3 is 9.87 Å². The van der Waals surface area contributed by atoms with Crippen LogP contribution >= 0.6 is 0 Å². The maximum Gasteiger partial charge on any atom is 0.416 e. The summed E-state index contributed by atoms with van der Waals surface area (Å²) in [5.74, 6) is 0.398. The van der Waals surface area contributed by atoms with Crippen LogP contribution in [0.15, 0.2) is 77.8 Å². The van der Waals surface area contributed by atoms with Crippen molar-refractivity contribution in [2.24, 2.45) is 0 Å². The fraction of sp³-hybridized carbons (Fsp3) is 0.0526. The zero-order chi connectivity index (χ0) is 19.4. The fourth-order valence-electron chi connectivity index (χ4n) is 2.36. The Bertz CT molecular complexity index is 928. The molecule has 3 rings (SSSR count). The van der Waals surface area contributed by atoms with Crippen LogP contribution in [-0.4, -0.2) is 14.5 Å². The van der Waals surface area contributed by atoms with E-state index in [0.29, 0.717) is 22.1 Å². The van der Waals surface area contributed by atoms with Gasteiger partial charge in [-0.3, -0.25) is 4.98 Å². The normalized spacial score (nSPS) is 12.4. The first-order chi connectivity index (χ1) is 12.9. The highest BCUT2D eigenvalue weighted by atomic mass is 32.2. The molecule has 0 bridgehead atoms. The van der Waals surface area contributed by atoms with E-state index in [1.54, 1.807) is 24.3 Å². The minimum atomic E-state index is -4.39. The zero-order valence-corrected chi connectivity index (χ0v) is 14.7. The van der Waals surface area contributed by atoms with Gasteiger partial charge in [0.2, 0.25) is 0 Å². The molecule has 0 aliphatic carbocycles. The van der Waals surface area contributed by atoms with Gasteiger partial charge >= 0.3 is 6.18 Å². The van der Waals surface area contributed by atoms with Crippen LogP contribution in [0.4, 0.5) is 24.7 Å². The summed E-state index contributed by atoms with van der Waals surface area (Å²) in [6, 6.07) is 11.6. The minimum Gasteiger partial charge on any atom is -0.607 e. The third-order valence-corrected chi connectivity index (χ3v) is 4.72. The van der Waals surface area contributed by atoms with Crippen LogP contribution in [0.1, 0.15) is 5.56 Å². The summed E-state index contributed by atoms with van der Waals surface area (Å²) in [6.07, 6.45) is -1.39. The monoisotopic (exact) mass is 389 g/mol. The minimum absolute atomic E-state index is 0.398. The van der Waals surface area contributed by atoms with Crippen LogP contribution in [0.25, 0.3) is 11.3 Å². The van der Waals surface area contributed by atoms with E-state index in [-0.39, 0.29) is 0 Å². The molecule has 27 heavy (non-hydrogen) atoms. The van der Waals surface area contributed by atoms with Gasteiger partial charge in [0.15, 0.2) is 10.7 Å². The highest BCUT2D eigenvalue weighted by Gasteiger charge is 2.30. The summed E-state index contributed by atoms with van der Waals surface area (Å²) in [7, 11) is 0. The van der Waals surface area contributed by atoms with Crippen molar-refractivity contribution in [1.82, 2.24) is 9.97 Å². The number of halogens is 3. The molecule has 0 aliphatic rings. The number of hydrogen-bond acceptors (Lipinski definition) is 4. The van der Waals surface area contributed by atoms with Gasteiger partial charge in [-0.15, -0.1) is 0 Å². The Labute approximate surface area is 157 Å². The van der Waals surface area contributed by atoms with Crippen molar-refractivity contribution < 1.29 is 17.7 Å². The van der Waals surface area contributed by atoms with Gasteiger partial charge in [-0.25, -0.2) is 4.98 Å². The van der Waals surface area contributed by atoms with Gasteiger partial charge in [0.1, 0.15) is 11.1 Å². The summed E-state index contributed by atoms with van der Waals surface area (Å²) in [6.45, 7) is 3.50. The summed E-state index contributed by atoms with van der Waals surface area (Å²) in [5.41, 5.74) is 0.975. The largest absolute Gasteiger partial charge is 0.607 e. The molecule has 0 saturated carbocycles. The second-order valence-electron chi connectivity index (χ2n) is 5.44. The molecule has 0 aliphatic heterocycles. The average Bonchev–Trinajstić information content (AvgIpc) is 2.68. The van der Waals surface area contributed by atoms with Crippen molar-refractivity contribution in [2.45, 2.75) is 11.1 Å². The van der Waals surface area contributed by atoms with E-state index in [9.17, 15) is 17.7 Å². The molecule has 0 radical (unpaired) electrons. The van der Waals surface area contributed by atoms with Crippen LogP contribution in [0.2, 0.25) is 0 Å². The number of anilines is 2. The number of alkyl halides is 3. The lowest BCUT2D eigenvalue weighted by Crippen LogP contribution is -2.05. The van der Waals surface area contributed by atoms with Gasteiger partial charge in [0.25, 0.3) is 0 Å². The fourth-order valence-corrected chi connectivity index (χ4v) is 2.96. The molecule has 2 aromatic carbocycles. The highest BCUT2D eigenvalue weighted by Crippen LogP contribution is 2.31. The molecule has 4 nitrogen and oxygen atoms in total. The van der Waals surface area contributed by atoms with Crippen LogP contribution in [0, 0.1) is 0 Å². The molecule has 0 saturated heterocycles. The van der Waals surface area contributed by atoms with Crippen molar-refractivity contribution in [3.8, 4) is 11.3 Å². The molecule has 0 fully saturated rings. The van der Waals surface area contributed by atoms with Crippen LogP contribution in [-0.2, 0) is 17.4 Å². The maximum absolute atomic E-state index is 12.7. The topological polar surface area (TPSA) is 60.9 Å². The van der Waals surface area contributed by atoms with Gasteiger partial charge in [0.05, 0.1) is 5.56 Å². The van der Waals surface area contributed by atoms with E-state index in [1.165, 1.54) is 29.9 Å². The molecule has 138 valence electrons. The van der Waals surface area contributed by atoms with Crippen molar-refractivity contribution >= 4 is 22.7 Å². The van der Waals surface area contributed by atoms with Crippen LogP contribution in [0.3, 0.4) is 0 Å². The third-order valence-electron chi connectivity index (χ3n) is 3.68. The second-order valence-corrected chi connectivity index (χ2v) is 6.84. The summed E-state index contributed by atoms with van der Waals surface area (Å²) < 4.78 is 49.8. The standard InChI is InChI=1S/C19H14F3N3OS/c1-2-27(26)16-9-3-13(4-10-16)17-18(24-12-11-23-17)25-15-7-5-14(6-8-15)19(20,21)22/h2-12H,1H2,(H,24,25). The Balaban J connectivity index is 1.87. The lowest BCUT2D eigenvalue weighted by atomic mass is 10.1. The Morgan fingerprint density at radius 1 is 0.963 bits per heavy atom. The van der Waals surface area contributed by atoms with Gasteiger partial charge in [-0.1, -0.05) is 6.58 Å². The van der Waals surface area contributed by atoms with Crippen LogP contribution < -0.4 is 5.32 Å². The Morgan fingerprint density at radius 3 is 2.19 bits per heavy atom. The summed E-state index contributed by atoms with van der Waals surface area (Å²) >= 11 is -1.28. The molecule has 1 N–H and O–H groups in total. The SMILES string of the molecule is C=C[S+]([O-])c1ccc(-c2nccnc2Nc2ccc(C(F)(F)F)cc2)cc1. The van der Waals surface area contributed by atoms with Crippen molar-refractivity contribution in [3.63, 3.8) is 0 Å². The number of benzene rings is 2. The lowest BCUT2D eigenvalue weighted by Gasteiger charge is -2.12. The predicted octanol–water partition coefficient (Wildman–Crippen LogP) is 5.16. The first-order valence-electron chi connectivity index (χ1n) is 7.77. The average molecular weight is 389 g/mol. The quantitative estimate of drug-likeness (QED) is 0.613. The highest BCUT2D eigenvalue weighted by molar-refractivity contribution is 7.94. The van der Waals surface area contributed by atoms with E-state index in [4.69, 9.17) is 0 Å². The zero-order valence-electron chi connectivity index (χ0n) is 13.9. The Morgan fingerprint density at radius 2 is 1.59 bits per heavy atom. The molecule has 3 aromatic rings. The lowest BCUT2D eigenvalue weighted by molar-refractivity contribution is -0.137. The molecule has 1 unspecified atom stereocenters. The molecule has 1 aromatic heterocycles. The summed E-state index contributed by atoms with van der Waals surface area (Å²) in [5, 5.41) is 4.32. The maximum atomic E-state index is 12.7. The molecular formula is C19H14F3N3OS. The number of nitrogens with one attached hydrogen (secondary N) is 1. The van der Waals surface area contributed by atoms with E-state index in [1.807, 2.05) is 0 Å². The smallest absolute Gasteiger partial charge is 0.416 e. The van der Waals surface area contributed by atoms with E-state index < -0.39 is 22.9 Å². The van der Waals surface area contributed by atoms with Gasteiger partial charge in [0, 0.05) is 34.8 Å². The first-order valence-corrected chi connectivity index (χ1v) is 8.98. The van der Waals surface area contributed by atoms with Crippen molar-refractivity contribution in [3.05, 3.63) is 78.5 Å². The molecule has 8 heteroatoms. The number of hydrogen-bond donors (Lipinski definition) is 1. The third kappa shape index (κ3) is 4.47. The van der Waals surface area contributed by atoms with Gasteiger partial charge in [-0.2, -0.15) is 13.2 Å². The van der Waals surface area contributed by atoms with E-state index in [2.05, 4.69) is 21.9 Å². The summed E-state index contributed by atoms with van der Waals surface area (Å²) in [4.78, 5) is 9.13. The first kappa shape index (κ1) is 18.9. The molecule has 1 heterocycles. The Kier molecular flexibility index (Phi) is 5.48. The van der Waals surface area contributed by atoms with E-state index >= 15 is 0 Å². The molecule has 0 spiro atoms. The van der Waals surface area contributed by atoms with Gasteiger partial charge in [-0.05, 0) is 48.5 Å². The molecule has 1 atom stereocenters. The number of rotatable bonds is 5. The number of aromatic nitrogens is 2. The molecular weight excluding hydrogens is 375 g/mol. The van der Waals surface area contributed by atoms with Crippen LogP contribution in [0.5, 0.6) is 0 Å². The van der Waals surface area contributed by atoms with Crippen molar-refractivity contribution in [1.29, 1.82) is 0 Å².